The average Bonchev–Trinajstić information content (AvgIpc) is 3.39. The van der Waals surface area contributed by atoms with Crippen LogP contribution >= 0.6 is 11.5 Å². The molecule has 1 amide bonds. The monoisotopic (exact) mass is 482 g/mol. The normalized spacial score (nSPS) is 17.5. The zero-order valence-electron chi connectivity index (χ0n) is 18.2. The van der Waals surface area contributed by atoms with Gasteiger partial charge in [0.1, 0.15) is 5.69 Å². The Morgan fingerprint density at radius 1 is 1.00 bits per heavy atom. The lowest BCUT2D eigenvalue weighted by atomic mass is 9.92. The number of carbonyl (C=O) groups is 1. The van der Waals surface area contributed by atoms with Gasteiger partial charge in [0.05, 0.1) is 4.90 Å². The fourth-order valence-electron chi connectivity index (χ4n) is 4.64. The molecule has 2 aliphatic rings. The molecule has 3 aromatic rings. The van der Waals surface area contributed by atoms with Gasteiger partial charge in [-0.15, -0.1) is 5.10 Å². The van der Waals surface area contributed by atoms with E-state index in [1.165, 1.54) is 27.8 Å². The number of fused-ring (bicyclic) bond motifs is 1. The second-order valence-corrected chi connectivity index (χ2v) is 11.2. The van der Waals surface area contributed by atoms with Crippen LogP contribution in [-0.2, 0) is 27.7 Å². The van der Waals surface area contributed by atoms with Crippen molar-refractivity contribution in [1.29, 1.82) is 0 Å². The number of hydrogen-bond acceptors (Lipinski definition) is 6. The average molecular weight is 483 g/mol. The molecule has 1 saturated heterocycles. The van der Waals surface area contributed by atoms with Crippen molar-refractivity contribution in [2.45, 2.75) is 43.4 Å². The van der Waals surface area contributed by atoms with Crippen LogP contribution in [0.15, 0.2) is 52.7 Å². The number of carbonyl (C=O) groups excluding carboxylic acids is 1. The maximum atomic E-state index is 13.2. The summed E-state index contributed by atoms with van der Waals surface area (Å²) in [5.41, 5.74) is 4.91. The molecule has 0 saturated carbocycles. The topological polar surface area (TPSA) is 92.3 Å². The van der Waals surface area contributed by atoms with Crippen LogP contribution in [-0.4, -0.2) is 41.3 Å². The van der Waals surface area contributed by atoms with Gasteiger partial charge in [0.15, 0.2) is 0 Å². The molecule has 0 unspecified atom stereocenters. The number of nitrogens with one attached hydrogen (secondary N) is 1. The lowest BCUT2D eigenvalue weighted by Gasteiger charge is -2.31. The summed E-state index contributed by atoms with van der Waals surface area (Å²) in [7, 11) is -3.54. The molecule has 1 N–H and O–H groups in total. The third-order valence-electron chi connectivity index (χ3n) is 6.59. The van der Waals surface area contributed by atoms with Crippen LogP contribution in [0.5, 0.6) is 0 Å². The zero-order chi connectivity index (χ0) is 22.8. The number of rotatable bonds is 5. The Labute approximate surface area is 198 Å². The van der Waals surface area contributed by atoms with Crippen molar-refractivity contribution in [3.8, 4) is 11.3 Å². The Hall–Kier alpha value is -2.62. The van der Waals surface area contributed by atoms with Crippen LogP contribution in [0.3, 0.4) is 0 Å². The number of anilines is 1. The van der Waals surface area contributed by atoms with Gasteiger partial charge < -0.3 is 5.32 Å². The molecule has 0 radical (unpaired) electrons. The van der Waals surface area contributed by atoms with E-state index >= 15 is 0 Å². The largest absolute Gasteiger partial charge is 0.326 e. The Morgan fingerprint density at radius 3 is 2.42 bits per heavy atom. The molecule has 172 valence electrons. The maximum Gasteiger partial charge on any atom is 0.243 e. The van der Waals surface area contributed by atoms with E-state index in [0.717, 1.165) is 41.8 Å². The molecule has 2 aromatic carbocycles. The number of benzene rings is 2. The molecule has 1 aliphatic heterocycles. The quantitative estimate of drug-likeness (QED) is 0.591. The fourth-order valence-corrected chi connectivity index (χ4v) is 6.62. The summed E-state index contributed by atoms with van der Waals surface area (Å²) in [5, 5.41) is 8.89. The molecule has 1 fully saturated rings. The van der Waals surface area contributed by atoms with Gasteiger partial charge in [0, 0.05) is 35.6 Å². The van der Waals surface area contributed by atoms with Crippen LogP contribution in [0.25, 0.3) is 11.3 Å². The van der Waals surface area contributed by atoms with Gasteiger partial charge in [0.2, 0.25) is 15.9 Å². The van der Waals surface area contributed by atoms with Crippen LogP contribution in [0.2, 0.25) is 0 Å². The molecule has 9 heteroatoms. The first kappa shape index (κ1) is 22.2. The summed E-state index contributed by atoms with van der Waals surface area (Å²) in [6, 6.07) is 13.1. The first-order chi connectivity index (χ1) is 16.0. The van der Waals surface area contributed by atoms with E-state index in [-0.39, 0.29) is 11.8 Å². The Kier molecular flexibility index (Phi) is 6.27. The van der Waals surface area contributed by atoms with Gasteiger partial charge in [-0.05, 0) is 85.4 Å². The van der Waals surface area contributed by atoms with E-state index in [1.807, 2.05) is 41.8 Å². The number of aryl methyl sites for hydroxylation is 2. The van der Waals surface area contributed by atoms with Gasteiger partial charge in [-0.2, -0.15) is 4.31 Å². The summed E-state index contributed by atoms with van der Waals surface area (Å²) >= 11 is 1.30. The second kappa shape index (κ2) is 9.32. The Bertz CT molecular complexity index is 1230. The third kappa shape index (κ3) is 4.71. The number of hydrogen-bond donors (Lipinski definition) is 1. The highest BCUT2D eigenvalue weighted by molar-refractivity contribution is 7.89. The van der Waals surface area contributed by atoms with Crippen molar-refractivity contribution >= 4 is 33.2 Å². The zero-order valence-corrected chi connectivity index (χ0v) is 19.9. The van der Waals surface area contributed by atoms with Gasteiger partial charge in [-0.25, -0.2) is 8.42 Å². The molecule has 33 heavy (non-hydrogen) atoms. The lowest BCUT2D eigenvalue weighted by molar-refractivity contribution is -0.120. The first-order valence-corrected chi connectivity index (χ1v) is 13.6. The van der Waals surface area contributed by atoms with Crippen molar-refractivity contribution in [3.63, 3.8) is 0 Å². The molecule has 0 atom stereocenters. The Balaban J connectivity index is 1.19. The number of piperidine rings is 1. The van der Waals surface area contributed by atoms with Crippen molar-refractivity contribution < 1.29 is 13.2 Å². The van der Waals surface area contributed by atoms with E-state index in [4.69, 9.17) is 0 Å². The number of aromatic nitrogens is 2. The minimum absolute atomic E-state index is 0.0658. The first-order valence-electron chi connectivity index (χ1n) is 11.3. The van der Waals surface area contributed by atoms with E-state index in [1.54, 1.807) is 6.07 Å². The van der Waals surface area contributed by atoms with Gasteiger partial charge >= 0.3 is 0 Å². The minimum Gasteiger partial charge on any atom is -0.326 e. The van der Waals surface area contributed by atoms with Crippen molar-refractivity contribution in [1.82, 2.24) is 13.9 Å². The van der Waals surface area contributed by atoms with E-state index in [0.29, 0.717) is 30.8 Å². The van der Waals surface area contributed by atoms with Crippen LogP contribution in [0.4, 0.5) is 5.69 Å². The smallest absolute Gasteiger partial charge is 0.243 e. The Morgan fingerprint density at radius 2 is 1.73 bits per heavy atom. The fraction of sp³-hybridized carbons (Fsp3) is 0.375. The van der Waals surface area contributed by atoms with Gasteiger partial charge in [0.25, 0.3) is 0 Å². The maximum absolute atomic E-state index is 13.2. The van der Waals surface area contributed by atoms with Crippen LogP contribution in [0, 0.1) is 5.92 Å². The summed E-state index contributed by atoms with van der Waals surface area (Å²) < 4.78 is 31.8. The highest BCUT2D eigenvalue weighted by atomic mass is 32.2. The summed E-state index contributed by atoms with van der Waals surface area (Å²) in [6.45, 7) is 0.709. The van der Waals surface area contributed by atoms with Crippen molar-refractivity contribution in [2.24, 2.45) is 5.92 Å². The van der Waals surface area contributed by atoms with Crippen molar-refractivity contribution in [3.05, 3.63) is 59.0 Å². The lowest BCUT2D eigenvalue weighted by Crippen LogP contribution is -2.41. The molecule has 7 nitrogen and oxygen atoms in total. The number of sulfonamides is 1. The molecule has 5 rings (SSSR count). The third-order valence-corrected chi connectivity index (χ3v) is 8.99. The molecule has 0 spiro atoms. The highest BCUT2D eigenvalue weighted by Crippen LogP contribution is 2.29. The van der Waals surface area contributed by atoms with E-state index < -0.39 is 10.0 Å². The summed E-state index contributed by atoms with van der Waals surface area (Å²) in [6.07, 6.45) is 5.28. The minimum atomic E-state index is -3.54. The van der Waals surface area contributed by atoms with Gasteiger partial charge in [-0.1, -0.05) is 22.7 Å². The molecule has 1 aliphatic carbocycles. The SMILES string of the molecule is O=C(Nc1ccc(-c2csnn2)cc1)C1CCN(S(=O)(=O)c2ccc3c(c2)CCCC3)CC1. The van der Waals surface area contributed by atoms with Crippen LogP contribution < -0.4 is 5.32 Å². The van der Waals surface area contributed by atoms with Gasteiger partial charge in [-0.3, -0.25) is 4.79 Å². The number of amides is 1. The standard InChI is InChI=1S/C24H26N4O3S2/c29-24(25-21-8-5-18(6-9-21)23-16-32-27-26-23)19-11-13-28(14-12-19)33(30,31)22-10-7-17-3-1-2-4-20(17)15-22/h5-10,15-16,19H,1-4,11-14H2,(H,25,29). The summed E-state index contributed by atoms with van der Waals surface area (Å²) in [5.74, 6) is -0.272. The molecular formula is C24H26N4O3S2. The molecule has 1 aromatic heterocycles. The molecule has 0 bridgehead atoms. The molecule has 2 heterocycles. The highest BCUT2D eigenvalue weighted by Gasteiger charge is 2.32. The molecular weight excluding hydrogens is 456 g/mol. The summed E-state index contributed by atoms with van der Waals surface area (Å²) in [4.78, 5) is 13.1. The predicted molar refractivity (Wildman–Crippen MR) is 129 cm³/mol. The van der Waals surface area contributed by atoms with E-state index in [2.05, 4.69) is 14.9 Å². The van der Waals surface area contributed by atoms with Crippen molar-refractivity contribution in [2.75, 3.05) is 18.4 Å². The predicted octanol–water partition coefficient (Wildman–Crippen LogP) is 4.12. The number of nitrogens with zero attached hydrogens (tertiary/aromatic N) is 3. The van der Waals surface area contributed by atoms with E-state index in [9.17, 15) is 13.2 Å². The van der Waals surface area contributed by atoms with Crippen LogP contribution in [0.1, 0.15) is 36.8 Å². The second-order valence-electron chi connectivity index (χ2n) is 8.67.